The molecule has 1 fully saturated rings. The largest absolute Gasteiger partial charge is 0.381 e. The first-order chi connectivity index (χ1) is 6.86. The third kappa shape index (κ3) is 2.20. The van der Waals surface area contributed by atoms with Gasteiger partial charge in [0.25, 0.3) is 0 Å². The fraction of sp³-hybridized carbons (Fsp3) is 0.600. The van der Waals surface area contributed by atoms with Crippen LogP contribution >= 0.6 is 0 Å². The van der Waals surface area contributed by atoms with Crippen LogP contribution in [0.2, 0.25) is 0 Å². The van der Waals surface area contributed by atoms with E-state index in [-0.39, 0.29) is 0 Å². The third-order valence-electron chi connectivity index (χ3n) is 2.59. The Morgan fingerprint density at radius 1 is 1.50 bits per heavy atom. The molecule has 0 saturated carbocycles. The first-order valence-corrected chi connectivity index (χ1v) is 4.97. The maximum atomic E-state index is 5.34. The molecule has 1 saturated heterocycles. The van der Waals surface area contributed by atoms with Gasteiger partial charge in [0.2, 0.25) is 5.95 Å². The predicted molar refractivity (Wildman–Crippen MR) is 54.0 cm³/mol. The molecule has 2 unspecified atom stereocenters. The van der Waals surface area contributed by atoms with Gasteiger partial charge in [0.15, 0.2) is 0 Å². The summed E-state index contributed by atoms with van der Waals surface area (Å²) < 4.78 is 5.34. The first-order valence-electron chi connectivity index (χ1n) is 4.97. The number of nitrogens with zero attached hydrogens (tertiary/aromatic N) is 2. The van der Waals surface area contributed by atoms with E-state index in [0.717, 1.165) is 19.6 Å². The van der Waals surface area contributed by atoms with Crippen LogP contribution in [0.4, 0.5) is 5.95 Å². The summed E-state index contributed by atoms with van der Waals surface area (Å²) in [4.78, 5) is 8.25. The van der Waals surface area contributed by atoms with Crippen LogP contribution in [0.25, 0.3) is 0 Å². The number of anilines is 1. The molecule has 0 aromatic carbocycles. The van der Waals surface area contributed by atoms with Gasteiger partial charge in [0.1, 0.15) is 0 Å². The molecule has 0 spiro atoms. The Hall–Kier alpha value is -1.16. The van der Waals surface area contributed by atoms with Crippen molar-refractivity contribution in [2.75, 3.05) is 18.5 Å². The monoisotopic (exact) mass is 193 g/mol. The second-order valence-electron chi connectivity index (χ2n) is 3.63. The Morgan fingerprint density at radius 3 is 2.93 bits per heavy atom. The number of aromatic nitrogens is 2. The first kappa shape index (κ1) is 9.40. The van der Waals surface area contributed by atoms with Gasteiger partial charge in [0.05, 0.1) is 6.61 Å². The molecule has 4 heteroatoms. The van der Waals surface area contributed by atoms with Crippen molar-refractivity contribution in [1.29, 1.82) is 0 Å². The molecule has 0 radical (unpaired) electrons. The van der Waals surface area contributed by atoms with Crippen molar-refractivity contribution in [2.45, 2.75) is 19.4 Å². The lowest BCUT2D eigenvalue weighted by molar-refractivity contribution is 0.183. The van der Waals surface area contributed by atoms with Gasteiger partial charge in [0, 0.05) is 31.0 Å². The van der Waals surface area contributed by atoms with Gasteiger partial charge in [-0.25, -0.2) is 9.97 Å². The smallest absolute Gasteiger partial charge is 0.222 e. The van der Waals surface area contributed by atoms with Crippen molar-refractivity contribution in [3.8, 4) is 0 Å². The molecule has 14 heavy (non-hydrogen) atoms. The van der Waals surface area contributed by atoms with E-state index < -0.39 is 0 Å². The lowest BCUT2D eigenvalue weighted by Gasteiger charge is -2.18. The van der Waals surface area contributed by atoms with Gasteiger partial charge in [-0.2, -0.15) is 0 Å². The van der Waals surface area contributed by atoms with Crippen molar-refractivity contribution in [3.05, 3.63) is 18.5 Å². The maximum absolute atomic E-state index is 5.34. The van der Waals surface area contributed by atoms with Gasteiger partial charge < -0.3 is 10.1 Å². The second kappa shape index (κ2) is 4.37. The minimum atomic E-state index is 0.375. The van der Waals surface area contributed by atoms with E-state index in [1.807, 2.05) is 6.07 Å². The van der Waals surface area contributed by atoms with Gasteiger partial charge in [-0.05, 0) is 19.4 Å². The highest BCUT2D eigenvalue weighted by Crippen LogP contribution is 2.18. The molecule has 1 N–H and O–H groups in total. The van der Waals surface area contributed by atoms with E-state index in [4.69, 9.17) is 4.74 Å². The highest BCUT2D eigenvalue weighted by molar-refractivity contribution is 5.24. The Bertz CT molecular complexity index is 272. The van der Waals surface area contributed by atoms with Crippen molar-refractivity contribution in [3.63, 3.8) is 0 Å². The lowest BCUT2D eigenvalue weighted by Crippen LogP contribution is -2.26. The fourth-order valence-electron chi connectivity index (χ4n) is 1.64. The van der Waals surface area contributed by atoms with E-state index >= 15 is 0 Å². The van der Waals surface area contributed by atoms with E-state index in [0.29, 0.717) is 17.9 Å². The summed E-state index contributed by atoms with van der Waals surface area (Å²) in [6.45, 7) is 3.88. The van der Waals surface area contributed by atoms with Crippen molar-refractivity contribution in [1.82, 2.24) is 9.97 Å². The summed E-state index contributed by atoms with van der Waals surface area (Å²) >= 11 is 0. The molecular weight excluding hydrogens is 178 g/mol. The molecule has 2 heterocycles. The highest BCUT2D eigenvalue weighted by atomic mass is 16.5. The molecule has 76 valence electrons. The summed E-state index contributed by atoms with van der Waals surface area (Å²) in [5, 5.41) is 3.28. The Balaban J connectivity index is 1.90. The summed E-state index contributed by atoms with van der Waals surface area (Å²) in [6, 6.07) is 2.19. The third-order valence-corrected chi connectivity index (χ3v) is 2.59. The average molecular weight is 193 g/mol. The SMILES string of the molecule is CC(Nc1ncccn1)C1CCOC1. The Labute approximate surface area is 83.7 Å². The number of ether oxygens (including phenoxy) is 1. The van der Waals surface area contributed by atoms with Gasteiger partial charge in [-0.1, -0.05) is 0 Å². The van der Waals surface area contributed by atoms with Crippen LogP contribution < -0.4 is 5.32 Å². The molecule has 0 amide bonds. The van der Waals surface area contributed by atoms with Gasteiger partial charge in [-0.3, -0.25) is 0 Å². The van der Waals surface area contributed by atoms with Crippen molar-refractivity contribution < 1.29 is 4.74 Å². The summed E-state index contributed by atoms with van der Waals surface area (Å²) in [5.41, 5.74) is 0. The maximum Gasteiger partial charge on any atom is 0.222 e. The van der Waals surface area contributed by atoms with Gasteiger partial charge in [-0.15, -0.1) is 0 Å². The van der Waals surface area contributed by atoms with E-state index in [2.05, 4.69) is 22.2 Å². The van der Waals surface area contributed by atoms with Crippen LogP contribution in [0.1, 0.15) is 13.3 Å². The molecule has 2 atom stereocenters. The standard InChI is InChI=1S/C10H15N3O/c1-8(9-3-6-14-7-9)13-10-11-4-2-5-12-10/h2,4-5,8-9H,3,6-7H2,1H3,(H,11,12,13). The fourth-order valence-corrected chi connectivity index (χ4v) is 1.64. The lowest BCUT2D eigenvalue weighted by atomic mass is 10.0. The molecular formula is C10H15N3O. The zero-order valence-corrected chi connectivity index (χ0v) is 8.31. The van der Waals surface area contributed by atoms with Crippen molar-refractivity contribution in [2.24, 2.45) is 5.92 Å². The number of nitrogens with one attached hydrogen (secondary N) is 1. The van der Waals surface area contributed by atoms with Crippen LogP contribution in [-0.4, -0.2) is 29.2 Å². The van der Waals surface area contributed by atoms with E-state index in [1.165, 1.54) is 0 Å². The molecule has 4 nitrogen and oxygen atoms in total. The summed E-state index contributed by atoms with van der Waals surface area (Å²) in [5.74, 6) is 1.28. The summed E-state index contributed by atoms with van der Waals surface area (Å²) in [6.07, 6.45) is 4.61. The van der Waals surface area contributed by atoms with Gasteiger partial charge >= 0.3 is 0 Å². The van der Waals surface area contributed by atoms with Crippen LogP contribution in [0.3, 0.4) is 0 Å². The number of hydrogen-bond acceptors (Lipinski definition) is 4. The molecule has 1 aliphatic heterocycles. The molecule has 0 bridgehead atoms. The molecule has 0 aliphatic carbocycles. The Morgan fingerprint density at radius 2 is 2.29 bits per heavy atom. The van der Waals surface area contributed by atoms with Crippen molar-refractivity contribution >= 4 is 5.95 Å². The van der Waals surface area contributed by atoms with Crippen LogP contribution in [-0.2, 0) is 4.74 Å². The highest BCUT2D eigenvalue weighted by Gasteiger charge is 2.22. The predicted octanol–water partition coefficient (Wildman–Crippen LogP) is 1.31. The molecule has 2 rings (SSSR count). The average Bonchev–Trinajstić information content (AvgIpc) is 2.72. The van der Waals surface area contributed by atoms with Crippen LogP contribution in [0.5, 0.6) is 0 Å². The summed E-state index contributed by atoms with van der Waals surface area (Å²) in [7, 11) is 0. The normalized spacial score (nSPS) is 23.4. The van der Waals surface area contributed by atoms with Crippen LogP contribution in [0, 0.1) is 5.92 Å². The topological polar surface area (TPSA) is 47.0 Å². The van der Waals surface area contributed by atoms with E-state index in [9.17, 15) is 0 Å². The molecule has 1 aromatic rings. The zero-order valence-electron chi connectivity index (χ0n) is 8.31. The Kier molecular flexibility index (Phi) is 2.93. The minimum absolute atomic E-state index is 0.375. The quantitative estimate of drug-likeness (QED) is 0.786. The second-order valence-corrected chi connectivity index (χ2v) is 3.63. The number of rotatable bonds is 3. The zero-order chi connectivity index (χ0) is 9.80. The van der Waals surface area contributed by atoms with E-state index in [1.54, 1.807) is 12.4 Å². The molecule has 1 aromatic heterocycles. The molecule has 1 aliphatic rings. The number of hydrogen-bond donors (Lipinski definition) is 1. The minimum Gasteiger partial charge on any atom is -0.381 e. The van der Waals surface area contributed by atoms with Crippen LogP contribution in [0.15, 0.2) is 18.5 Å².